The van der Waals surface area contributed by atoms with Crippen LogP contribution in [0.1, 0.15) is 43.2 Å². The molecule has 0 bridgehead atoms. The summed E-state index contributed by atoms with van der Waals surface area (Å²) in [5.41, 5.74) is 3.45. The summed E-state index contributed by atoms with van der Waals surface area (Å²) in [5.74, 6) is -0.676. The molecule has 0 aliphatic heterocycles. The number of aromatic nitrogens is 1. The molecule has 2 aromatic rings. The van der Waals surface area contributed by atoms with Crippen LogP contribution in [-0.4, -0.2) is 35.9 Å². The Morgan fingerprint density at radius 2 is 1.88 bits per heavy atom. The highest BCUT2D eigenvalue weighted by Crippen LogP contribution is 2.20. The molecule has 0 saturated carbocycles. The zero-order valence-electron chi connectivity index (χ0n) is 14.1. The van der Waals surface area contributed by atoms with E-state index in [4.69, 9.17) is 10.00 Å². The van der Waals surface area contributed by atoms with Gasteiger partial charge in [-0.15, -0.1) is 0 Å². The van der Waals surface area contributed by atoms with Crippen molar-refractivity contribution < 1.29 is 14.3 Å². The van der Waals surface area contributed by atoms with Gasteiger partial charge in [-0.05, 0) is 37.1 Å². The second-order valence-electron chi connectivity index (χ2n) is 5.59. The molecule has 124 valence electrons. The molecule has 1 N–H and O–H groups in total. The number of carbonyl (C=O) groups excluding carboxylic acids is 2. The van der Waals surface area contributed by atoms with Crippen molar-refractivity contribution in [1.82, 2.24) is 9.88 Å². The highest BCUT2D eigenvalue weighted by atomic mass is 16.5. The van der Waals surface area contributed by atoms with Gasteiger partial charge in [-0.3, -0.25) is 4.79 Å². The number of amides is 1. The molecule has 0 fully saturated rings. The largest absolute Gasteiger partial charge is 0.465 e. The molecular weight excluding hydrogens is 306 g/mol. The van der Waals surface area contributed by atoms with Crippen molar-refractivity contribution in [1.29, 1.82) is 5.26 Å². The van der Waals surface area contributed by atoms with Crippen LogP contribution in [0.15, 0.2) is 24.3 Å². The number of aromatic amines is 1. The molecule has 0 atom stereocenters. The Labute approximate surface area is 140 Å². The van der Waals surface area contributed by atoms with E-state index >= 15 is 0 Å². The van der Waals surface area contributed by atoms with Crippen LogP contribution in [-0.2, 0) is 11.3 Å². The highest BCUT2D eigenvalue weighted by molar-refractivity contribution is 6.00. The fourth-order valence-corrected chi connectivity index (χ4v) is 2.59. The lowest BCUT2D eigenvalue weighted by atomic mass is 10.1. The van der Waals surface area contributed by atoms with Gasteiger partial charge in [0.05, 0.1) is 24.3 Å². The molecule has 1 heterocycles. The number of rotatable bonds is 4. The molecule has 0 aliphatic carbocycles. The molecule has 6 nitrogen and oxygen atoms in total. The van der Waals surface area contributed by atoms with Crippen molar-refractivity contribution in [2.75, 3.05) is 14.2 Å². The monoisotopic (exact) mass is 325 g/mol. The zero-order valence-corrected chi connectivity index (χ0v) is 14.1. The first-order chi connectivity index (χ1) is 11.4. The number of ether oxygens (including phenoxy) is 1. The van der Waals surface area contributed by atoms with Gasteiger partial charge in [0.25, 0.3) is 5.91 Å². The molecule has 24 heavy (non-hydrogen) atoms. The number of H-pyrrole nitrogens is 1. The van der Waals surface area contributed by atoms with E-state index in [1.54, 1.807) is 37.9 Å². The van der Waals surface area contributed by atoms with Gasteiger partial charge in [-0.2, -0.15) is 5.26 Å². The fraction of sp³-hybridized carbons (Fsp3) is 0.278. The number of hydrogen-bond donors (Lipinski definition) is 1. The van der Waals surface area contributed by atoms with Gasteiger partial charge >= 0.3 is 5.97 Å². The third-order valence-electron chi connectivity index (χ3n) is 3.89. The quantitative estimate of drug-likeness (QED) is 0.875. The van der Waals surface area contributed by atoms with Crippen LogP contribution >= 0.6 is 0 Å². The van der Waals surface area contributed by atoms with Crippen LogP contribution in [0.25, 0.3) is 0 Å². The summed E-state index contributed by atoms with van der Waals surface area (Å²) >= 11 is 0. The number of nitrogens with zero attached hydrogens (tertiary/aromatic N) is 2. The minimum atomic E-state index is -0.463. The summed E-state index contributed by atoms with van der Waals surface area (Å²) in [6.45, 7) is 3.85. The number of aryl methyl sites for hydroxylation is 1. The van der Waals surface area contributed by atoms with Gasteiger partial charge in [0.2, 0.25) is 0 Å². The second kappa shape index (κ2) is 7.01. The summed E-state index contributed by atoms with van der Waals surface area (Å²) in [6, 6.07) is 9.12. The fourth-order valence-electron chi connectivity index (χ4n) is 2.59. The van der Waals surface area contributed by atoms with E-state index in [9.17, 15) is 9.59 Å². The molecule has 0 unspecified atom stereocenters. The summed E-state index contributed by atoms with van der Waals surface area (Å²) in [5, 5.41) is 8.81. The normalized spacial score (nSPS) is 10.1. The average Bonchev–Trinajstić information content (AvgIpc) is 2.88. The predicted molar refractivity (Wildman–Crippen MR) is 88.6 cm³/mol. The number of benzene rings is 1. The SMILES string of the molecule is COC(=O)c1c(C)[nH]c(C(=O)N(C)Cc2ccc(C#N)cc2)c1C. The molecule has 1 aromatic carbocycles. The maximum atomic E-state index is 12.7. The minimum absolute atomic E-state index is 0.213. The van der Waals surface area contributed by atoms with Crippen LogP contribution in [0.3, 0.4) is 0 Å². The van der Waals surface area contributed by atoms with E-state index in [0.717, 1.165) is 5.56 Å². The Balaban J connectivity index is 2.22. The lowest BCUT2D eigenvalue weighted by Gasteiger charge is -2.17. The van der Waals surface area contributed by atoms with E-state index in [-0.39, 0.29) is 5.91 Å². The molecule has 0 saturated heterocycles. The number of hydrogen-bond acceptors (Lipinski definition) is 4. The van der Waals surface area contributed by atoms with E-state index < -0.39 is 5.97 Å². The van der Waals surface area contributed by atoms with Crippen LogP contribution in [0.5, 0.6) is 0 Å². The third-order valence-corrected chi connectivity index (χ3v) is 3.89. The van der Waals surface area contributed by atoms with Gasteiger partial charge in [0, 0.05) is 19.3 Å². The summed E-state index contributed by atoms with van der Waals surface area (Å²) in [4.78, 5) is 29.0. The number of methoxy groups -OCH3 is 1. The summed E-state index contributed by atoms with van der Waals surface area (Å²) in [6.07, 6.45) is 0. The topological polar surface area (TPSA) is 86.2 Å². The molecule has 1 amide bonds. The van der Waals surface area contributed by atoms with Crippen molar-refractivity contribution >= 4 is 11.9 Å². The van der Waals surface area contributed by atoms with E-state index in [0.29, 0.717) is 34.6 Å². The van der Waals surface area contributed by atoms with Crippen molar-refractivity contribution in [3.63, 3.8) is 0 Å². The number of carbonyl (C=O) groups is 2. The van der Waals surface area contributed by atoms with E-state index in [1.165, 1.54) is 7.11 Å². The van der Waals surface area contributed by atoms with E-state index in [1.807, 2.05) is 12.1 Å². The maximum absolute atomic E-state index is 12.7. The molecule has 0 spiro atoms. The lowest BCUT2D eigenvalue weighted by molar-refractivity contribution is 0.0599. The van der Waals surface area contributed by atoms with Crippen molar-refractivity contribution in [2.24, 2.45) is 0 Å². The molecule has 6 heteroatoms. The first-order valence-corrected chi connectivity index (χ1v) is 7.41. The van der Waals surface area contributed by atoms with E-state index in [2.05, 4.69) is 11.1 Å². The molecular formula is C18H19N3O3. The third kappa shape index (κ3) is 3.30. The van der Waals surface area contributed by atoms with Gasteiger partial charge < -0.3 is 14.6 Å². The van der Waals surface area contributed by atoms with Gasteiger partial charge in [-0.1, -0.05) is 12.1 Å². The molecule has 0 aliphatic rings. The van der Waals surface area contributed by atoms with Crippen molar-refractivity contribution in [2.45, 2.75) is 20.4 Å². The van der Waals surface area contributed by atoms with Crippen LogP contribution in [0.4, 0.5) is 0 Å². The molecule has 1 aromatic heterocycles. The van der Waals surface area contributed by atoms with Gasteiger partial charge in [0.1, 0.15) is 5.69 Å². The number of nitrogens with one attached hydrogen (secondary N) is 1. The Bertz CT molecular complexity index is 813. The Kier molecular flexibility index (Phi) is 5.05. The Morgan fingerprint density at radius 1 is 1.25 bits per heavy atom. The van der Waals surface area contributed by atoms with Gasteiger partial charge in [-0.25, -0.2) is 4.79 Å². The standard InChI is InChI=1S/C18H19N3O3/c1-11-15(18(23)24-4)12(2)20-16(11)17(22)21(3)10-14-7-5-13(9-19)6-8-14/h5-8,20H,10H2,1-4H3. The zero-order chi connectivity index (χ0) is 17.9. The predicted octanol–water partition coefficient (Wildman–Crippen LogP) is 2.56. The average molecular weight is 325 g/mol. The number of nitriles is 1. The first-order valence-electron chi connectivity index (χ1n) is 7.41. The summed E-state index contributed by atoms with van der Waals surface area (Å²) in [7, 11) is 3.00. The van der Waals surface area contributed by atoms with Crippen molar-refractivity contribution in [3.8, 4) is 6.07 Å². The lowest BCUT2D eigenvalue weighted by Crippen LogP contribution is -2.27. The molecule has 2 rings (SSSR count). The maximum Gasteiger partial charge on any atom is 0.339 e. The minimum Gasteiger partial charge on any atom is -0.465 e. The van der Waals surface area contributed by atoms with Crippen molar-refractivity contribution in [3.05, 3.63) is 57.9 Å². The highest BCUT2D eigenvalue weighted by Gasteiger charge is 2.24. The Hall–Kier alpha value is -3.07. The van der Waals surface area contributed by atoms with Crippen LogP contribution in [0, 0.1) is 25.2 Å². The van der Waals surface area contributed by atoms with Gasteiger partial charge in [0.15, 0.2) is 0 Å². The smallest absolute Gasteiger partial charge is 0.339 e. The Morgan fingerprint density at radius 3 is 2.42 bits per heavy atom. The second-order valence-corrected chi connectivity index (χ2v) is 5.59. The summed E-state index contributed by atoms with van der Waals surface area (Å²) < 4.78 is 4.76. The van der Waals surface area contributed by atoms with Crippen LogP contribution in [0.2, 0.25) is 0 Å². The van der Waals surface area contributed by atoms with Crippen LogP contribution < -0.4 is 0 Å². The molecule has 0 radical (unpaired) electrons. The number of esters is 1. The first kappa shape index (κ1) is 17.3.